The number of fused-ring (bicyclic) bond motifs is 1. The van der Waals surface area contributed by atoms with E-state index in [0.717, 1.165) is 114 Å². The first kappa shape index (κ1) is 25.5. The predicted octanol–water partition coefficient (Wildman–Crippen LogP) is 2.19. The van der Waals surface area contributed by atoms with Crippen LogP contribution in [0.15, 0.2) is 35.3 Å². The second-order valence-electron chi connectivity index (χ2n) is 11.0. The number of allylic oxidation sites excluding steroid dienone is 4. The molecule has 0 amide bonds. The van der Waals surface area contributed by atoms with Gasteiger partial charge in [0.15, 0.2) is 6.04 Å². The van der Waals surface area contributed by atoms with E-state index in [1.165, 1.54) is 11.1 Å². The van der Waals surface area contributed by atoms with Gasteiger partial charge in [0.2, 0.25) is 11.5 Å². The lowest BCUT2D eigenvalue weighted by Gasteiger charge is -2.44. The monoisotopic (exact) mass is 537 g/mol. The second-order valence-corrected chi connectivity index (χ2v) is 11.0. The Hall–Kier alpha value is -3.77. The Morgan fingerprint density at radius 3 is 1.90 bits per heavy atom. The Bertz CT molecular complexity index is 1230. The van der Waals surface area contributed by atoms with E-state index < -0.39 is 27.5 Å². The summed E-state index contributed by atoms with van der Waals surface area (Å²) in [4.78, 5) is 16.1. The highest BCUT2D eigenvalue weighted by atomic mass is 16.8. The van der Waals surface area contributed by atoms with Gasteiger partial charge in [-0.2, -0.15) is 4.90 Å². The molecule has 0 bridgehead atoms. The summed E-state index contributed by atoms with van der Waals surface area (Å²) >= 11 is 0. The lowest BCUT2D eigenvalue weighted by molar-refractivity contribution is -0.536. The molecule has 3 fully saturated rings. The van der Waals surface area contributed by atoms with Crippen LogP contribution in [0.2, 0.25) is 0 Å². The van der Waals surface area contributed by atoms with Gasteiger partial charge in [-0.1, -0.05) is 0 Å². The maximum Gasteiger partial charge on any atom is 0.278 e. The van der Waals surface area contributed by atoms with Crippen molar-refractivity contribution in [2.45, 2.75) is 63.8 Å². The Morgan fingerprint density at radius 1 is 0.795 bits per heavy atom. The molecule has 0 aromatic carbocycles. The first-order valence-corrected chi connectivity index (χ1v) is 14.2. The number of nitro groups is 1. The summed E-state index contributed by atoms with van der Waals surface area (Å²) in [7, 11) is 0. The molecule has 1 unspecified atom stereocenters. The number of likely N-dealkylation sites (tertiary alicyclic amines) is 2. The van der Waals surface area contributed by atoms with Crippen molar-refractivity contribution >= 4 is 11.4 Å². The summed E-state index contributed by atoms with van der Waals surface area (Å²) in [5.41, 5.74) is 2.51. The molecule has 5 aliphatic rings. The number of hydrogen-bond acceptors (Lipinski definition) is 9. The van der Waals surface area contributed by atoms with Crippen LogP contribution >= 0.6 is 0 Å². The minimum absolute atomic E-state index is 0.0441. The molecule has 208 valence electrons. The molecule has 13 heteroatoms. The number of aromatic nitrogens is 4. The Kier molecular flexibility index (Phi) is 7.05. The van der Waals surface area contributed by atoms with Gasteiger partial charge in [0, 0.05) is 62.6 Å². The molecule has 0 N–H and O–H groups in total. The molecule has 0 spiro atoms. The molecule has 1 atom stereocenters. The SMILES string of the molecule is O=[N+]([O-])C1=CC(=[N+]([O-])[O-])c2nnnn2C1C1C(N2CCCCC2)=CC(=[N+]2CCCCC2)C=C1N1CCCCC1. The number of nitrogens with zero attached hydrogens (tertiary/aromatic N) is 9. The Labute approximate surface area is 226 Å². The lowest BCUT2D eigenvalue weighted by Crippen LogP contribution is -2.46. The van der Waals surface area contributed by atoms with Crippen LogP contribution in [-0.4, -0.2) is 95.1 Å². The molecule has 0 radical (unpaired) electrons. The van der Waals surface area contributed by atoms with E-state index in [9.17, 15) is 20.5 Å². The van der Waals surface area contributed by atoms with Crippen LogP contribution in [0.3, 0.4) is 0 Å². The average molecular weight is 538 g/mol. The van der Waals surface area contributed by atoms with E-state index in [0.29, 0.717) is 0 Å². The van der Waals surface area contributed by atoms with Gasteiger partial charge in [-0.15, -0.1) is 5.10 Å². The number of rotatable bonds is 4. The Balaban J connectivity index is 1.56. The highest BCUT2D eigenvalue weighted by Gasteiger charge is 2.49. The predicted molar refractivity (Wildman–Crippen MR) is 142 cm³/mol. The van der Waals surface area contributed by atoms with Gasteiger partial charge in [0.25, 0.3) is 11.4 Å². The van der Waals surface area contributed by atoms with Gasteiger partial charge >= 0.3 is 0 Å². The second kappa shape index (κ2) is 10.8. The lowest BCUT2D eigenvalue weighted by atomic mass is 9.81. The summed E-state index contributed by atoms with van der Waals surface area (Å²) in [5.74, 6) is -0.487. The van der Waals surface area contributed by atoms with Crippen molar-refractivity contribution in [2.75, 3.05) is 39.3 Å². The maximum atomic E-state index is 12.5. The van der Waals surface area contributed by atoms with E-state index in [-0.39, 0.29) is 11.5 Å². The fourth-order valence-corrected chi connectivity index (χ4v) is 6.79. The van der Waals surface area contributed by atoms with E-state index in [1.807, 2.05) is 0 Å². The van der Waals surface area contributed by atoms with Crippen molar-refractivity contribution < 1.29 is 14.4 Å². The van der Waals surface area contributed by atoms with Crippen LogP contribution < -0.4 is 0 Å². The summed E-state index contributed by atoms with van der Waals surface area (Å²) in [6, 6.07) is -0.905. The molecule has 3 saturated heterocycles. The zero-order valence-corrected chi connectivity index (χ0v) is 22.2. The van der Waals surface area contributed by atoms with E-state index >= 15 is 0 Å². The van der Waals surface area contributed by atoms with Crippen molar-refractivity contribution in [3.63, 3.8) is 0 Å². The van der Waals surface area contributed by atoms with Gasteiger partial charge in [-0.3, -0.25) is 10.1 Å². The summed E-state index contributed by atoms with van der Waals surface area (Å²) < 4.78 is 3.77. The molecule has 39 heavy (non-hydrogen) atoms. The smallest absolute Gasteiger partial charge is 0.278 e. The molecule has 13 nitrogen and oxygen atoms in total. The third kappa shape index (κ3) is 4.78. The molecule has 4 aliphatic heterocycles. The maximum absolute atomic E-state index is 12.5. The number of hydrogen-bond donors (Lipinski definition) is 0. The van der Waals surface area contributed by atoms with Crippen molar-refractivity contribution in [1.82, 2.24) is 30.0 Å². The van der Waals surface area contributed by atoms with Crippen molar-refractivity contribution in [1.29, 1.82) is 0 Å². The van der Waals surface area contributed by atoms with Gasteiger partial charge in [-0.25, -0.2) is 9.26 Å². The van der Waals surface area contributed by atoms with Gasteiger partial charge in [0.05, 0.1) is 16.9 Å². The van der Waals surface area contributed by atoms with Crippen molar-refractivity contribution in [3.05, 3.63) is 61.7 Å². The van der Waals surface area contributed by atoms with Crippen LogP contribution in [0.4, 0.5) is 0 Å². The zero-order chi connectivity index (χ0) is 26.9. The minimum Gasteiger partial charge on any atom is -0.612 e. The quantitative estimate of drug-likeness (QED) is 0.244. The summed E-state index contributed by atoms with van der Waals surface area (Å²) in [6.45, 7) is 5.50. The van der Waals surface area contributed by atoms with E-state index in [1.54, 1.807) is 0 Å². The summed E-state index contributed by atoms with van der Waals surface area (Å²) in [5, 5.41) is 48.0. The zero-order valence-electron chi connectivity index (χ0n) is 22.2. The molecule has 6 rings (SSSR count). The number of piperidine rings is 3. The molecule has 0 saturated carbocycles. The van der Waals surface area contributed by atoms with Crippen molar-refractivity contribution in [2.24, 2.45) is 5.92 Å². The fraction of sp³-hybridized carbons (Fsp3) is 0.654. The molecule has 1 aromatic rings. The third-order valence-corrected chi connectivity index (χ3v) is 8.69. The standard InChI is InChI=1S/C26H35N9O4/c36-34(37)22-18-23(35(38)39)26-27-28-29-33(26)25(22)24-20(31-12-6-2-7-13-31)16-19(30-10-4-1-5-11-30)17-21(24)32-14-8-3-9-15-32/h16-18,24-25H,1-15H2. The minimum atomic E-state index is -0.905. The molecular weight excluding hydrogens is 502 g/mol. The van der Waals surface area contributed by atoms with Gasteiger partial charge in [0.1, 0.15) is 13.1 Å². The first-order valence-electron chi connectivity index (χ1n) is 14.2. The topological polar surface area (TPSA) is 145 Å². The average Bonchev–Trinajstić information content (AvgIpc) is 3.47. The van der Waals surface area contributed by atoms with E-state index in [4.69, 9.17) is 0 Å². The molecule has 1 aliphatic carbocycles. The van der Waals surface area contributed by atoms with E-state index in [2.05, 4.69) is 42.1 Å². The van der Waals surface area contributed by atoms with Crippen LogP contribution in [0.25, 0.3) is 0 Å². The van der Waals surface area contributed by atoms with Gasteiger partial charge < -0.3 is 20.2 Å². The van der Waals surface area contributed by atoms with Gasteiger partial charge in [-0.05, 0) is 55.4 Å². The highest BCUT2D eigenvalue weighted by molar-refractivity contribution is 6.04. The highest BCUT2D eigenvalue weighted by Crippen LogP contribution is 2.44. The molecule has 1 aromatic heterocycles. The number of tetrazole rings is 1. The normalized spacial score (nSPS) is 26.1. The molecular formula is C26H35N9O4. The third-order valence-electron chi connectivity index (χ3n) is 8.69. The Morgan fingerprint density at radius 2 is 1.36 bits per heavy atom. The van der Waals surface area contributed by atoms with Crippen LogP contribution in [0, 0.1) is 26.4 Å². The molecule has 5 heterocycles. The van der Waals surface area contributed by atoms with Crippen LogP contribution in [0.5, 0.6) is 0 Å². The van der Waals surface area contributed by atoms with Crippen molar-refractivity contribution in [3.8, 4) is 0 Å². The summed E-state index contributed by atoms with van der Waals surface area (Å²) in [6.07, 6.45) is 15.6. The van der Waals surface area contributed by atoms with Crippen LogP contribution in [0.1, 0.15) is 69.7 Å². The first-order chi connectivity index (χ1) is 19.0. The largest absolute Gasteiger partial charge is 0.612 e. The fourth-order valence-electron chi connectivity index (χ4n) is 6.79. The van der Waals surface area contributed by atoms with Crippen LogP contribution in [-0.2, 0) is 0 Å².